The monoisotopic (exact) mass is 750 g/mol. The van der Waals surface area contributed by atoms with Crippen molar-refractivity contribution in [3.63, 3.8) is 0 Å². The molecule has 0 spiro atoms. The van der Waals surface area contributed by atoms with Gasteiger partial charge in [-0.05, 0) is 122 Å². The Hall–Kier alpha value is -7.68. The van der Waals surface area contributed by atoms with Crippen LogP contribution in [0.5, 0.6) is 0 Å². The molecule has 10 aromatic rings. The van der Waals surface area contributed by atoms with Crippen LogP contribution < -0.4 is 5.32 Å². The largest absolute Gasteiger partial charge is 0.360 e. The van der Waals surface area contributed by atoms with Crippen molar-refractivity contribution in [2.45, 2.75) is 6.17 Å². The molecule has 59 heavy (non-hydrogen) atoms. The Morgan fingerprint density at radius 2 is 0.797 bits per heavy atom. The predicted molar refractivity (Wildman–Crippen MR) is 251 cm³/mol. The van der Waals surface area contributed by atoms with Crippen LogP contribution in [-0.4, -0.2) is 11.1 Å². The average molecular weight is 751 g/mol. The van der Waals surface area contributed by atoms with Crippen LogP contribution in [0.15, 0.2) is 219 Å². The molecule has 2 heterocycles. The van der Waals surface area contributed by atoms with Gasteiger partial charge in [-0.15, -0.1) is 0 Å². The summed E-state index contributed by atoms with van der Waals surface area (Å²) in [6.07, 6.45) is 8.97. The van der Waals surface area contributed by atoms with Gasteiger partial charge >= 0.3 is 0 Å². The van der Waals surface area contributed by atoms with Crippen molar-refractivity contribution >= 4 is 65.1 Å². The first-order valence-electron chi connectivity index (χ1n) is 20.5. The smallest absolute Gasteiger partial charge is 0.123 e. The van der Waals surface area contributed by atoms with E-state index < -0.39 is 0 Å². The van der Waals surface area contributed by atoms with Crippen LogP contribution in [-0.2, 0) is 0 Å². The Morgan fingerprint density at radius 1 is 0.356 bits per heavy atom. The number of nitrogens with one attached hydrogen (secondary N) is 1. The summed E-state index contributed by atoms with van der Waals surface area (Å²) in [5, 5.41) is 16.3. The molecule has 276 valence electrons. The van der Waals surface area contributed by atoms with Crippen molar-refractivity contribution in [1.82, 2.24) is 10.2 Å². The van der Waals surface area contributed by atoms with Crippen LogP contribution in [0.2, 0.25) is 0 Å². The summed E-state index contributed by atoms with van der Waals surface area (Å²) in [7, 11) is 0. The third-order valence-corrected chi connectivity index (χ3v) is 12.4. The number of nitrogens with zero attached hydrogens (tertiary/aromatic N) is 1. The van der Waals surface area contributed by atoms with Gasteiger partial charge in [-0.2, -0.15) is 0 Å². The lowest BCUT2D eigenvalue weighted by Gasteiger charge is -2.24. The highest BCUT2D eigenvalue weighted by Gasteiger charge is 2.25. The van der Waals surface area contributed by atoms with Crippen molar-refractivity contribution in [1.29, 1.82) is 0 Å². The van der Waals surface area contributed by atoms with Crippen LogP contribution in [0, 0.1) is 0 Å². The zero-order valence-corrected chi connectivity index (χ0v) is 32.3. The summed E-state index contributed by atoms with van der Waals surface area (Å²) in [5.74, 6) is 0. The lowest BCUT2D eigenvalue weighted by atomic mass is 9.81. The van der Waals surface area contributed by atoms with Gasteiger partial charge in [-0.25, -0.2) is 0 Å². The minimum Gasteiger partial charge on any atom is -0.360 e. The Morgan fingerprint density at radius 3 is 1.36 bits per heavy atom. The van der Waals surface area contributed by atoms with Crippen LogP contribution in [0.4, 0.5) is 0 Å². The fourth-order valence-electron chi connectivity index (χ4n) is 9.72. The molecular weight excluding hydrogens is 713 g/mol. The van der Waals surface area contributed by atoms with E-state index in [1.807, 2.05) is 0 Å². The van der Waals surface area contributed by atoms with Gasteiger partial charge in [0, 0.05) is 12.4 Å². The minimum atomic E-state index is 0.0825. The molecule has 2 heteroatoms. The normalized spacial score (nSPS) is 14.8. The van der Waals surface area contributed by atoms with Gasteiger partial charge in [0.25, 0.3) is 0 Å². The molecule has 0 saturated carbocycles. The minimum absolute atomic E-state index is 0.0825. The quantitative estimate of drug-likeness (QED) is 0.176. The first-order valence-corrected chi connectivity index (χ1v) is 20.5. The number of hydrogen-bond donors (Lipinski definition) is 1. The topological polar surface area (TPSA) is 15.3 Å². The lowest BCUT2D eigenvalue weighted by molar-refractivity contribution is 0.429. The second-order valence-corrected chi connectivity index (χ2v) is 15.7. The molecule has 0 saturated heterocycles. The molecule has 0 aliphatic carbocycles. The van der Waals surface area contributed by atoms with Crippen LogP contribution >= 0.6 is 0 Å². The molecule has 0 radical (unpaired) electrons. The molecule has 1 atom stereocenters. The van der Waals surface area contributed by atoms with Crippen molar-refractivity contribution in [2.24, 2.45) is 0 Å². The predicted octanol–water partition coefficient (Wildman–Crippen LogP) is 14.6. The van der Waals surface area contributed by atoms with E-state index in [-0.39, 0.29) is 6.17 Å². The summed E-state index contributed by atoms with van der Waals surface area (Å²) < 4.78 is 0. The number of rotatable bonds is 5. The number of fused-ring (bicyclic) bond motifs is 6. The maximum Gasteiger partial charge on any atom is 0.123 e. The van der Waals surface area contributed by atoms with Crippen LogP contribution in [0.25, 0.3) is 98.5 Å². The zero-order chi connectivity index (χ0) is 38.9. The number of allylic oxidation sites excluding steroid dienone is 2. The van der Waals surface area contributed by atoms with E-state index in [4.69, 9.17) is 0 Å². The van der Waals surface area contributed by atoms with Gasteiger partial charge < -0.3 is 10.2 Å². The summed E-state index contributed by atoms with van der Waals surface area (Å²) in [4.78, 5) is 2.25. The van der Waals surface area contributed by atoms with E-state index in [0.29, 0.717) is 0 Å². The number of benzene rings is 10. The molecule has 0 aromatic heterocycles. The van der Waals surface area contributed by atoms with E-state index in [2.05, 4.69) is 229 Å². The Kier molecular flexibility index (Phi) is 7.64. The molecule has 0 fully saturated rings. The zero-order valence-electron chi connectivity index (χ0n) is 32.3. The molecule has 1 N–H and O–H groups in total. The molecule has 2 aliphatic rings. The van der Waals surface area contributed by atoms with E-state index >= 15 is 0 Å². The third kappa shape index (κ3) is 5.41. The van der Waals surface area contributed by atoms with Gasteiger partial charge in [0.05, 0.1) is 5.70 Å². The fourth-order valence-corrected chi connectivity index (χ4v) is 9.72. The summed E-state index contributed by atoms with van der Waals surface area (Å²) in [6, 6.07) is 71.3. The number of hydrogen-bond acceptors (Lipinski definition) is 2. The van der Waals surface area contributed by atoms with Crippen molar-refractivity contribution in [3.8, 4) is 33.4 Å². The van der Waals surface area contributed by atoms with Gasteiger partial charge in [-0.3, -0.25) is 0 Å². The second-order valence-electron chi connectivity index (χ2n) is 15.7. The molecular formula is C57H38N2. The first-order chi connectivity index (χ1) is 29.3. The summed E-state index contributed by atoms with van der Waals surface area (Å²) in [6.45, 7) is 0. The highest BCUT2D eigenvalue weighted by Crippen LogP contribution is 2.50. The average Bonchev–Trinajstić information content (AvgIpc) is 3.74. The van der Waals surface area contributed by atoms with Crippen molar-refractivity contribution < 1.29 is 0 Å². The Labute approximate surface area is 343 Å². The van der Waals surface area contributed by atoms with E-state index in [1.165, 1.54) is 104 Å². The highest BCUT2D eigenvalue weighted by atomic mass is 15.3. The van der Waals surface area contributed by atoms with Crippen molar-refractivity contribution in [3.05, 3.63) is 230 Å². The third-order valence-electron chi connectivity index (χ3n) is 12.4. The molecule has 10 aromatic carbocycles. The van der Waals surface area contributed by atoms with Gasteiger partial charge in [0.15, 0.2) is 0 Å². The summed E-state index contributed by atoms with van der Waals surface area (Å²) in [5.41, 5.74) is 12.3. The molecule has 0 bridgehead atoms. The maximum atomic E-state index is 3.76. The first kappa shape index (κ1) is 33.5. The lowest BCUT2D eigenvalue weighted by Crippen LogP contribution is -2.32. The molecule has 12 rings (SSSR count). The Balaban J connectivity index is 1.02. The van der Waals surface area contributed by atoms with Gasteiger partial charge in [0.1, 0.15) is 6.17 Å². The van der Waals surface area contributed by atoms with Gasteiger partial charge in [0.2, 0.25) is 0 Å². The van der Waals surface area contributed by atoms with E-state index in [9.17, 15) is 0 Å². The van der Waals surface area contributed by atoms with Crippen molar-refractivity contribution in [2.75, 3.05) is 0 Å². The second kappa shape index (κ2) is 13.5. The van der Waals surface area contributed by atoms with Crippen LogP contribution in [0.1, 0.15) is 11.1 Å². The van der Waals surface area contributed by atoms with E-state index in [0.717, 1.165) is 5.70 Å². The molecule has 0 amide bonds. The van der Waals surface area contributed by atoms with Gasteiger partial charge in [-0.1, -0.05) is 188 Å². The molecule has 2 aliphatic heterocycles. The standard InChI is InChI=1S/C57H38N2/c1-2-14-37(15-3-1)42-32-33-59-36-52(58-53(59)35-42)39-27-29-40(30-28-39)54-44-18-6-10-22-48(44)56(49-23-11-7-19-45(49)54)57-50-24-12-8-20-46(50)55(47-21-9-13-25-51(47)57)43-31-26-38-16-4-5-17-41(38)34-43/h1-36,53,58H. The fraction of sp³-hybridized carbons (Fsp3) is 0.0175. The van der Waals surface area contributed by atoms with Crippen LogP contribution in [0.3, 0.4) is 0 Å². The van der Waals surface area contributed by atoms with E-state index in [1.54, 1.807) is 0 Å². The maximum absolute atomic E-state index is 3.76. The molecule has 2 nitrogen and oxygen atoms in total. The summed E-state index contributed by atoms with van der Waals surface area (Å²) >= 11 is 0. The Bertz CT molecular complexity index is 3290. The highest BCUT2D eigenvalue weighted by molar-refractivity contribution is 6.30. The molecule has 1 unspecified atom stereocenters. The SMILES string of the molecule is C1=CN2C=C(c3ccc(-c4c5ccccc5c(-c5c6ccccc6c(-c6ccc7ccccc7c6)c6ccccc56)c5ccccc45)cc3)NC2C=C1c1ccccc1.